The lowest BCUT2D eigenvalue weighted by atomic mass is 10.2. The molecule has 3 rings (SSSR count). The Morgan fingerprint density at radius 3 is 2.75 bits per heavy atom. The van der Waals surface area contributed by atoms with Gasteiger partial charge >= 0.3 is 0 Å². The minimum absolute atomic E-state index is 0.0222. The molecule has 6 heteroatoms. The summed E-state index contributed by atoms with van der Waals surface area (Å²) in [6, 6.07) is 11.1. The number of hydrogen-bond donors (Lipinski definition) is 1. The molecule has 0 bridgehead atoms. The van der Waals surface area contributed by atoms with E-state index in [1.807, 2.05) is 43.3 Å². The van der Waals surface area contributed by atoms with Crippen LogP contribution in [-0.2, 0) is 16.1 Å². The molecule has 5 nitrogen and oxygen atoms in total. The van der Waals surface area contributed by atoms with Crippen molar-refractivity contribution < 1.29 is 14.0 Å². The maximum absolute atomic E-state index is 12.6. The van der Waals surface area contributed by atoms with Crippen LogP contribution < -0.4 is 5.32 Å². The van der Waals surface area contributed by atoms with E-state index in [1.54, 1.807) is 29.2 Å². The zero-order chi connectivity index (χ0) is 16.9. The van der Waals surface area contributed by atoms with Crippen LogP contribution in [0, 0.1) is 0 Å². The number of carbonyl (C=O) groups is 2. The summed E-state index contributed by atoms with van der Waals surface area (Å²) in [5.41, 5.74) is 1.96. The van der Waals surface area contributed by atoms with E-state index >= 15 is 0 Å². The molecule has 2 amide bonds. The average molecular weight is 344 g/mol. The van der Waals surface area contributed by atoms with Crippen LogP contribution in [0.3, 0.4) is 0 Å². The van der Waals surface area contributed by atoms with Gasteiger partial charge in [-0.25, -0.2) is 0 Å². The van der Waals surface area contributed by atoms with Gasteiger partial charge in [-0.2, -0.15) is 0 Å². The summed E-state index contributed by atoms with van der Waals surface area (Å²) in [6.07, 6.45) is 3.60. The molecule has 1 N–H and O–H groups in total. The second-order valence-electron chi connectivity index (χ2n) is 5.62. The molecule has 2 heterocycles. The molecule has 2 unspecified atom stereocenters. The molecule has 2 atom stereocenters. The fourth-order valence-corrected chi connectivity index (χ4v) is 4.20. The zero-order valence-corrected chi connectivity index (χ0v) is 14.3. The highest BCUT2D eigenvalue weighted by molar-refractivity contribution is 7.99. The topological polar surface area (TPSA) is 62.6 Å². The number of thioether (sulfide) groups is 1. The molecule has 1 aromatic heterocycles. The lowest BCUT2D eigenvalue weighted by Gasteiger charge is -2.28. The van der Waals surface area contributed by atoms with Crippen molar-refractivity contribution in [1.82, 2.24) is 10.2 Å². The Morgan fingerprint density at radius 2 is 2.08 bits per heavy atom. The summed E-state index contributed by atoms with van der Waals surface area (Å²) >= 11 is 1.59. The Labute approximate surface area is 145 Å². The van der Waals surface area contributed by atoms with Crippen molar-refractivity contribution in [3.05, 3.63) is 60.1 Å². The van der Waals surface area contributed by atoms with Crippen molar-refractivity contribution in [3.8, 4) is 0 Å². The molecule has 1 aromatic carbocycles. The summed E-state index contributed by atoms with van der Waals surface area (Å²) in [7, 11) is 0. The number of amides is 2. The summed E-state index contributed by atoms with van der Waals surface area (Å²) < 4.78 is 5.14. The summed E-state index contributed by atoms with van der Waals surface area (Å²) in [5.74, 6) is 0.451. The molecule has 0 radical (unpaired) electrons. The van der Waals surface area contributed by atoms with Crippen LogP contribution in [0.2, 0.25) is 0 Å². The third-order valence-electron chi connectivity index (χ3n) is 4.03. The Kier molecular flexibility index (Phi) is 5.25. The van der Waals surface area contributed by atoms with Gasteiger partial charge in [-0.15, -0.1) is 11.8 Å². The summed E-state index contributed by atoms with van der Waals surface area (Å²) in [4.78, 5) is 26.7. The fourth-order valence-electron chi connectivity index (χ4n) is 2.77. The van der Waals surface area contributed by atoms with E-state index < -0.39 is 6.04 Å². The predicted octanol–water partition coefficient (Wildman–Crippen LogP) is 2.95. The van der Waals surface area contributed by atoms with Crippen LogP contribution in [0.5, 0.6) is 0 Å². The van der Waals surface area contributed by atoms with Crippen molar-refractivity contribution in [2.45, 2.75) is 31.3 Å². The van der Waals surface area contributed by atoms with Gasteiger partial charge in [0.15, 0.2) is 0 Å². The van der Waals surface area contributed by atoms with Crippen molar-refractivity contribution >= 4 is 23.6 Å². The number of furan rings is 1. The van der Waals surface area contributed by atoms with Crippen LogP contribution in [0.1, 0.15) is 29.8 Å². The third kappa shape index (κ3) is 3.48. The first-order valence-electron chi connectivity index (χ1n) is 7.97. The van der Waals surface area contributed by atoms with E-state index in [-0.39, 0.29) is 17.2 Å². The van der Waals surface area contributed by atoms with Gasteiger partial charge in [0.05, 0.1) is 12.5 Å². The number of benzene rings is 1. The van der Waals surface area contributed by atoms with Crippen molar-refractivity contribution in [2.75, 3.05) is 5.75 Å². The largest absolute Gasteiger partial charge is 0.472 e. The monoisotopic (exact) mass is 344 g/mol. The van der Waals surface area contributed by atoms with Crippen LogP contribution in [0.25, 0.3) is 0 Å². The molecule has 24 heavy (non-hydrogen) atoms. The molecule has 2 aromatic rings. The van der Waals surface area contributed by atoms with Crippen LogP contribution in [0.15, 0.2) is 53.3 Å². The van der Waals surface area contributed by atoms with E-state index in [9.17, 15) is 9.59 Å². The van der Waals surface area contributed by atoms with Gasteiger partial charge < -0.3 is 14.6 Å². The maximum atomic E-state index is 12.6. The van der Waals surface area contributed by atoms with E-state index in [0.717, 1.165) is 11.1 Å². The quantitative estimate of drug-likeness (QED) is 0.906. The fraction of sp³-hybridized carbons (Fsp3) is 0.333. The maximum Gasteiger partial charge on any atom is 0.243 e. The minimum atomic E-state index is -0.453. The average Bonchev–Trinajstić information content (AvgIpc) is 3.28. The minimum Gasteiger partial charge on any atom is -0.472 e. The lowest BCUT2D eigenvalue weighted by Crippen LogP contribution is -2.47. The normalized spacial score (nSPS) is 20.1. The molecule has 0 spiro atoms. The molecular formula is C18H20N2O3S. The second kappa shape index (κ2) is 7.57. The molecule has 0 aliphatic carbocycles. The summed E-state index contributed by atoms with van der Waals surface area (Å²) in [5, 5.41) is 2.78. The Morgan fingerprint density at radius 1 is 1.29 bits per heavy atom. The van der Waals surface area contributed by atoms with Gasteiger partial charge in [-0.3, -0.25) is 9.59 Å². The van der Waals surface area contributed by atoms with E-state index in [4.69, 9.17) is 4.42 Å². The molecular weight excluding hydrogens is 324 g/mol. The molecule has 0 saturated carbocycles. The van der Waals surface area contributed by atoms with E-state index in [0.29, 0.717) is 18.7 Å². The molecule has 126 valence electrons. The highest BCUT2D eigenvalue weighted by Gasteiger charge is 2.41. The number of rotatable bonds is 5. The van der Waals surface area contributed by atoms with Gasteiger partial charge in [-0.1, -0.05) is 37.3 Å². The molecule has 1 saturated heterocycles. The van der Waals surface area contributed by atoms with Crippen molar-refractivity contribution in [2.24, 2.45) is 0 Å². The Balaban J connectivity index is 1.71. The number of nitrogens with zero attached hydrogens (tertiary/aromatic N) is 1. The number of nitrogens with one attached hydrogen (secondary N) is 1. The number of carbonyl (C=O) groups excluding carboxylic acids is 2. The van der Waals surface area contributed by atoms with E-state index in [2.05, 4.69) is 5.32 Å². The standard InChI is InChI=1S/C18H20N2O3S/c1-2-16(21)20-15(12-24-18(20)14-8-9-23-11-14)17(22)19-10-13-6-4-3-5-7-13/h3-9,11,15,18H,2,10,12H2,1H3,(H,19,22). The van der Waals surface area contributed by atoms with Gasteiger partial charge in [0.2, 0.25) is 11.8 Å². The summed E-state index contributed by atoms with van der Waals surface area (Å²) in [6.45, 7) is 2.28. The second-order valence-corrected chi connectivity index (χ2v) is 6.73. The molecule has 1 aliphatic rings. The SMILES string of the molecule is CCC(=O)N1C(C(=O)NCc2ccccc2)CSC1c1ccoc1. The smallest absolute Gasteiger partial charge is 0.243 e. The first-order valence-corrected chi connectivity index (χ1v) is 9.02. The van der Waals surface area contributed by atoms with Gasteiger partial charge in [0.25, 0.3) is 0 Å². The Hall–Kier alpha value is -2.21. The third-order valence-corrected chi connectivity index (χ3v) is 5.35. The highest BCUT2D eigenvalue weighted by atomic mass is 32.2. The van der Waals surface area contributed by atoms with Gasteiger partial charge in [0.1, 0.15) is 11.4 Å². The van der Waals surface area contributed by atoms with Crippen molar-refractivity contribution in [3.63, 3.8) is 0 Å². The van der Waals surface area contributed by atoms with Crippen LogP contribution in [0.4, 0.5) is 0 Å². The van der Waals surface area contributed by atoms with Gasteiger partial charge in [0, 0.05) is 24.3 Å². The van der Waals surface area contributed by atoms with Crippen molar-refractivity contribution in [1.29, 1.82) is 0 Å². The first-order chi connectivity index (χ1) is 11.7. The number of hydrogen-bond acceptors (Lipinski definition) is 4. The van der Waals surface area contributed by atoms with Gasteiger partial charge in [-0.05, 0) is 11.6 Å². The zero-order valence-electron chi connectivity index (χ0n) is 13.5. The first kappa shape index (κ1) is 16.6. The molecule has 1 fully saturated rings. The van der Waals surface area contributed by atoms with E-state index in [1.165, 1.54) is 0 Å². The predicted molar refractivity (Wildman–Crippen MR) is 93.1 cm³/mol. The Bertz CT molecular complexity index is 688. The molecule has 1 aliphatic heterocycles. The highest BCUT2D eigenvalue weighted by Crippen LogP contribution is 2.41. The van der Waals surface area contributed by atoms with Crippen LogP contribution in [-0.4, -0.2) is 28.5 Å². The lowest BCUT2D eigenvalue weighted by molar-refractivity contribution is -0.139. The van der Waals surface area contributed by atoms with Crippen LogP contribution >= 0.6 is 11.8 Å².